The molecule has 0 bridgehead atoms. The first-order valence-corrected chi connectivity index (χ1v) is 7.89. The summed E-state index contributed by atoms with van der Waals surface area (Å²) in [6.45, 7) is 8.21. The van der Waals surface area contributed by atoms with Gasteiger partial charge >= 0.3 is 6.09 Å². The molecule has 0 aliphatic heterocycles. The molecule has 0 aliphatic carbocycles. The molecule has 0 saturated carbocycles. The Morgan fingerprint density at radius 1 is 1.30 bits per heavy atom. The molecule has 1 heterocycles. The highest BCUT2D eigenvalue weighted by Gasteiger charge is 2.16. The predicted octanol–water partition coefficient (Wildman–Crippen LogP) is 3.56. The van der Waals surface area contributed by atoms with E-state index >= 15 is 0 Å². The van der Waals surface area contributed by atoms with Gasteiger partial charge in [-0.05, 0) is 33.3 Å². The molecule has 0 radical (unpaired) electrons. The van der Waals surface area contributed by atoms with E-state index in [-0.39, 0.29) is 12.1 Å². The van der Waals surface area contributed by atoms with Crippen molar-refractivity contribution in [1.82, 2.24) is 14.9 Å². The Balaban J connectivity index is 1.93. The fourth-order valence-corrected chi connectivity index (χ4v) is 2.37. The van der Waals surface area contributed by atoms with Gasteiger partial charge in [0.1, 0.15) is 5.60 Å². The molecule has 0 aliphatic rings. The summed E-state index contributed by atoms with van der Waals surface area (Å²) in [6, 6.07) is 10.5. The summed E-state index contributed by atoms with van der Waals surface area (Å²) in [4.78, 5) is 15.9. The van der Waals surface area contributed by atoms with Crippen molar-refractivity contribution in [2.24, 2.45) is 0 Å². The first-order chi connectivity index (χ1) is 10.9. The highest BCUT2D eigenvalue weighted by Crippen LogP contribution is 2.19. The molecule has 124 valence electrons. The molecule has 2 aromatic rings. The number of hydrogen-bond acceptors (Lipinski definition) is 3. The molecular formula is C18H25N3O2. The van der Waals surface area contributed by atoms with Crippen LogP contribution in [0, 0.1) is 0 Å². The van der Waals surface area contributed by atoms with Gasteiger partial charge < -0.3 is 14.6 Å². The van der Waals surface area contributed by atoms with Crippen LogP contribution < -0.4 is 5.32 Å². The van der Waals surface area contributed by atoms with Gasteiger partial charge in [-0.25, -0.2) is 9.78 Å². The lowest BCUT2D eigenvalue weighted by molar-refractivity contribution is 0.0528. The summed E-state index contributed by atoms with van der Waals surface area (Å²) >= 11 is 0. The Kier molecular flexibility index (Phi) is 5.42. The van der Waals surface area contributed by atoms with Crippen molar-refractivity contribution in [3.8, 4) is 0 Å². The number of rotatable bonds is 5. The standard InChI is InChI=1S/C18H25N3O2/c1-14(15-8-6-5-7-9-15)21-13-19-12-16(21)10-11-20-17(22)23-18(2,3)4/h5-9,12-14H,10-11H2,1-4H3,(H,20,22). The topological polar surface area (TPSA) is 56.2 Å². The molecule has 5 nitrogen and oxygen atoms in total. The smallest absolute Gasteiger partial charge is 0.407 e. The predicted molar refractivity (Wildman–Crippen MR) is 90.4 cm³/mol. The summed E-state index contributed by atoms with van der Waals surface area (Å²) in [5, 5.41) is 2.78. The zero-order valence-electron chi connectivity index (χ0n) is 14.2. The summed E-state index contributed by atoms with van der Waals surface area (Å²) < 4.78 is 7.36. The third-order valence-electron chi connectivity index (χ3n) is 3.49. The molecule has 0 fully saturated rings. The maximum Gasteiger partial charge on any atom is 0.407 e. The minimum Gasteiger partial charge on any atom is -0.444 e. The van der Waals surface area contributed by atoms with Crippen LogP contribution in [0.1, 0.15) is 45.0 Å². The van der Waals surface area contributed by atoms with Crippen LogP contribution >= 0.6 is 0 Å². The molecule has 1 unspecified atom stereocenters. The Hall–Kier alpha value is -2.30. The summed E-state index contributed by atoms with van der Waals surface area (Å²) in [5.41, 5.74) is 1.83. The number of aromatic nitrogens is 2. The summed E-state index contributed by atoms with van der Waals surface area (Å²) in [7, 11) is 0. The number of ether oxygens (including phenoxy) is 1. The normalized spacial score (nSPS) is 12.7. The molecule has 1 atom stereocenters. The minimum absolute atomic E-state index is 0.204. The van der Waals surface area contributed by atoms with Gasteiger partial charge in [0.25, 0.3) is 0 Å². The SMILES string of the molecule is CC(c1ccccc1)n1cncc1CCNC(=O)OC(C)(C)C. The van der Waals surface area contributed by atoms with E-state index in [1.165, 1.54) is 5.56 Å². The molecule has 2 rings (SSSR count). The second kappa shape index (κ2) is 7.31. The van der Waals surface area contributed by atoms with Crippen molar-refractivity contribution in [3.63, 3.8) is 0 Å². The number of alkyl carbamates (subject to hydrolysis) is 1. The van der Waals surface area contributed by atoms with Crippen LogP contribution in [0.3, 0.4) is 0 Å². The Morgan fingerprint density at radius 2 is 2.00 bits per heavy atom. The van der Waals surface area contributed by atoms with E-state index in [4.69, 9.17) is 4.74 Å². The van der Waals surface area contributed by atoms with Crippen LogP contribution in [-0.2, 0) is 11.2 Å². The first kappa shape index (κ1) is 17.1. The number of hydrogen-bond donors (Lipinski definition) is 1. The average Bonchev–Trinajstić information content (AvgIpc) is 2.94. The Morgan fingerprint density at radius 3 is 2.65 bits per heavy atom. The van der Waals surface area contributed by atoms with Gasteiger partial charge in [-0.15, -0.1) is 0 Å². The van der Waals surface area contributed by atoms with Crippen molar-refractivity contribution < 1.29 is 9.53 Å². The number of carbonyl (C=O) groups is 1. The van der Waals surface area contributed by atoms with Gasteiger partial charge in [-0.1, -0.05) is 30.3 Å². The molecule has 5 heteroatoms. The Labute approximate surface area is 137 Å². The van der Waals surface area contributed by atoms with E-state index in [0.29, 0.717) is 13.0 Å². The van der Waals surface area contributed by atoms with Gasteiger partial charge in [-0.2, -0.15) is 0 Å². The van der Waals surface area contributed by atoms with E-state index in [2.05, 4.69) is 33.9 Å². The zero-order valence-corrected chi connectivity index (χ0v) is 14.2. The van der Waals surface area contributed by atoms with E-state index in [0.717, 1.165) is 5.69 Å². The van der Waals surface area contributed by atoms with Crippen molar-refractivity contribution in [2.75, 3.05) is 6.54 Å². The summed E-state index contributed by atoms with van der Waals surface area (Å²) in [6.07, 6.45) is 3.99. The maximum atomic E-state index is 11.7. The minimum atomic E-state index is -0.478. The highest BCUT2D eigenvalue weighted by atomic mass is 16.6. The molecule has 0 saturated heterocycles. The molecule has 23 heavy (non-hydrogen) atoms. The lowest BCUT2D eigenvalue weighted by Gasteiger charge is -2.20. The molecule has 1 aromatic heterocycles. The van der Waals surface area contributed by atoms with Crippen LogP contribution in [0.4, 0.5) is 4.79 Å². The fourth-order valence-electron chi connectivity index (χ4n) is 2.37. The number of nitrogens with zero attached hydrogens (tertiary/aromatic N) is 2. The van der Waals surface area contributed by atoms with Gasteiger partial charge in [0.15, 0.2) is 0 Å². The van der Waals surface area contributed by atoms with Crippen molar-refractivity contribution in [2.45, 2.75) is 45.8 Å². The van der Waals surface area contributed by atoms with E-state index in [1.807, 2.05) is 51.5 Å². The van der Waals surface area contributed by atoms with Gasteiger partial charge in [-0.3, -0.25) is 0 Å². The van der Waals surface area contributed by atoms with Crippen molar-refractivity contribution in [3.05, 3.63) is 54.1 Å². The van der Waals surface area contributed by atoms with E-state index in [9.17, 15) is 4.79 Å². The molecule has 1 amide bonds. The summed E-state index contributed by atoms with van der Waals surface area (Å²) in [5.74, 6) is 0. The third kappa shape index (κ3) is 5.13. The van der Waals surface area contributed by atoms with Crippen LogP contribution in [-0.4, -0.2) is 27.8 Å². The number of nitrogens with one attached hydrogen (secondary N) is 1. The molecule has 0 spiro atoms. The average molecular weight is 315 g/mol. The quantitative estimate of drug-likeness (QED) is 0.918. The Bertz CT molecular complexity index is 629. The monoisotopic (exact) mass is 315 g/mol. The number of amides is 1. The van der Waals surface area contributed by atoms with E-state index in [1.54, 1.807) is 0 Å². The van der Waals surface area contributed by atoms with Crippen LogP contribution in [0.2, 0.25) is 0 Å². The van der Waals surface area contributed by atoms with Crippen LogP contribution in [0.25, 0.3) is 0 Å². The van der Waals surface area contributed by atoms with Gasteiger partial charge in [0.05, 0.1) is 12.4 Å². The van der Waals surface area contributed by atoms with Crippen molar-refractivity contribution in [1.29, 1.82) is 0 Å². The van der Waals surface area contributed by atoms with Crippen LogP contribution in [0.5, 0.6) is 0 Å². The van der Waals surface area contributed by atoms with Gasteiger partial charge in [0, 0.05) is 24.9 Å². The number of imidazole rings is 1. The lowest BCUT2D eigenvalue weighted by atomic mass is 10.1. The lowest BCUT2D eigenvalue weighted by Crippen LogP contribution is -2.33. The second-order valence-electron chi connectivity index (χ2n) is 6.56. The maximum absolute atomic E-state index is 11.7. The zero-order chi connectivity index (χ0) is 16.9. The molecule has 1 aromatic carbocycles. The van der Waals surface area contributed by atoms with E-state index < -0.39 is 5.60 Å². The third-order valence-corrected chi connectivity index (χ3v) is 3.49. The van der Waals surface area contributed by atoms with Crippen molar-refractivity contribution >= 4 is 6.09 Å². The first-order valence-electron chi connectivity index (χ1n) is 7.89. The highest BCUT2D eigenvalue weighted by molar-refractivity contribution is 5.67. The fraction of sp³-hybridized carbons (Fsp3) is 0.444. The molecule has 1 N–H and O–H groups in total. The second-order valence-corrected chi connectivity index (χ2v) is 6.56. The number of benzene rings is 1. The van der Waals surface area contributed by atoms with Crippen LogP contribution in [0.15, 0.2) is 42.9 Å². The number of carbonyl (C=O) groups excluding carboxylic acids is 1. The largest absolute Gasteiger partial charge is 0.444 e. The molecular weight excluding hydrogens is 290 g/mol. The van der Waals surface area contributed by atoms with Gasteiger partial charge in [0.2, 0.25) is 0 Å².